The van der Waals surface area contributed by atoms with Crippen LogP contribution in [0.25, 0.3) is 0 Å². The Hall–Kier alpha value is -1.38. The molecule has 1 atom stereocenters. The highest BCUT2D eigenvalue weighted by atomic mass is 32.1. The van der Waals surface area contributed by atoms with Crippen molar-refractivity contribution in [1.82, 2.24) is 10.2 Å². The number of carboxylic acid groups (broad SMARTS) is 1. The minimum atomic E-state index is -4.55. The summed E-state index contributed by atoms with van der Waals surface area (Å²) in [6.45, 7) is 1.29. The van der Waals surface area contributed by atoms with Gasteiger partial charge in [-0.1, -0.05) is 11.3 Å². The molecule has 0 aliphatic heterocycles. The van der Waals surface area contributed by atoms with Crippen molar-refractivity contribution in [3.8, 4) is 0 Å². The molecule has 5 nitrogen and oxygen atoms in total. The molecule has 1 aromatic heterocycles. The van der Waals surface area contributed by atoms with Gasteiger partial charge < -0.3 is 10.4 Å². The summed E-state index contributed by atoms with van der Waals surface area (Å²) in [5.74, 6) is -1.18. The summed E-state index contributed by atoms with van der Waals surface area (Å²) in [5.41, 5.74) is 0. The largest absolute Gasteiger partial charge is 0.480 e. The lowest BCUT2D eigenvalue weighted by atomic mass is 10.4. The van der Waals surface area contributed by atoms with Crippen molar-refractivity contribution in [2.45, 2.75) is 19.1 Å². The molecule has 1 rings (SSSR count). The Bertz CT molecular complexity index is 365. The quantitative estimate of drug-likeness (QED) is 0.837. The number of anilines is 1. The number of carboxylic acids is 1. The third-order valence-corrected chi connectivity index (χ3v) is 2.28. The van der Waals surface area contributed by atoms with Gasteiger partial charge in [0, 0.05) is 0 Å². The number of hydrogen-bond acceptors (Lipinski definition) is 5. The van der Waals surface area contributed by atoms with Crippen LogP contribution in [0.3, 0.4) is 0 Å². The van der Waals surface area contributed by atoms with Crippen molar-refractivity contribution >= 4 is 22.4 Å². The molecule has 0 saturated heterocycles. The van der Waals surface area contributed by atoms with Gasteiger partial charge in [0.15, 0.2) is 0 Å². The lowest BCUT2D eigenvalue weighted by Gasteiger charge is -2.05. The van der Waals surface area contributed by atoms with Crippen molar-refractivity contribution in [1.29, 1.82) is 0 Å². The van der Waals surface area contributed by atoms with E-state index >= 15 is 0 Å². The van der Waals surface area contributed by atoms with Crippen LogP contribution in [0.2, 0.25) is 0 Å². The van der Waals surface area contributed by atoms with Gasteiger partial charge in [0.1, 0.15) is 6.04 Å². The van der Waals surface area contributed by atoms with Gasteiger partial charge in [-0.2, -0.15) is 13.2 Å². The number of nitrogens with zero attached hydrogens (tertiary/aromatic N) is 2. The van der Waals surface area contributed by atoms with Crippen LogP contribution in [0.15, 0.2) is 0 Å². The monoisotopic (exact) mass is 241 g/mol. The average Bonchev–Trinajstić information content (AvgIpc) is 2.51. The molecule has 0 fully saturated rings. The molecule has 1 aromatic rings. The highest BCUT2D eigenvalue weighted by Gasteiger charge is 2.35. The van der Waals surface area contributed by atoms with Gasteiger partial charge in [-0.15, -0.1) is 10.2 Å². The molecule has 0 bridgehead atoms. The fraction of sp³-hybridized carbons (Fsp3) is 0.500. The van der Waals surface area contributed by atoms with E-state index in [1.807, 2.05) is 0 Å². The van der Waals surface area contributed by atoms with Crippen molar-refractivity contribution in [2.75, 3.05) is 5.32 Å². The average molecular weight is 241 g/mol. The molecular formula is C6H6F3N3O2S. The predicted molar refractivity (Wildman–Crippen MR) is 45.6 cm³/mol. The van der Waals surface area contributed by atoms with E-state index in [-0.39, 0.29) is 16.5 Å². The molecule has 0 spiro atoms. The summed E-state index contributed by atoms with van der Waals surface area (Å²) < 4.78 is 36.2. The topological polar surface area (TPSA) is 75.1 Å². The third-order valence-electron chi connectivity index (χ3n) is 1.38. The molecule has 0 saturated carbocycles. The van der Waals surface area contributed by atoms with Crippen LogP contribution in [0.1, 0.15) is 11.9 Å². The van der Waals surface area contributed by atoms with Gasteiger partial charge >= 0.3 is 12.1 Å². The second kappa shape index (κ2) is 4.01. The first-order chi connectivity index (χ1) is 6.80. The lowest BCUT2D eigenvalue weighted by Crippen LogP contribution is -2.25. The summed E-state index contributed by atoms with van der Waals surface area (Å²) in [7, 11) is 0. The van der Waals surface area contributed by atoms with Gasteiger partial charge in [-0.05, 0) is 6.92 Å². The zero-order valence-electron chi connectivity index (χ0n) is 7.37. The Balaban J connectivity index is 2.73. The Kier molecular flexibility index (Phi) is 3.12. The van der Waals surface area contributed by atoms with Crippen LogP contribution in [-0.4, -0.2) is 27.3 Å². The minimum absolute atomic E-state index is 0.169. The van der Waals surface area contributed by atoms with Gasteiger partial charge in [0.25, 0.3) is 0 Å². The van der Waals surface area contributed by atoms with E-state index < -0.39 is 23.2 Å². The normalized spacial score (nSPS) is 13.6. The van der Waals surface area contributed by atoms with E-state index in [9.17, 15) is 18.0 Å². The highest BCUT2D eigenvalue weighted by molar-refractivity contribution is 7.15. The van der Waals surface area contributed by atoms with Gasteiger partial charge in [0.05, 0.1) is 0 Å². The second-order valence-corrected chi connectivity index (χ2v) is 3.59. The van der Waals surface area contributed by atoms with Crippen molar-refractivity contribution in [2.24, 2.45) is 0 Å². The van der Waals surface area contributed by atoms with E-state index in [1.165, 1.54) is 6.92 Å². The lowest BCUT2D eigenvalue weighted by molar-refractivity contribution is -0.138. The van der Waals surface area contributed by atoms with Crippen LogP contribution in [0.4, 0.5) is 18.3 Å². The van der Waals surface area contributed by atoms with E-state index in [2.05, 4.69) is 15.5 Å². The molecule has 9 heteroatoms. The smallest absolute Gasteiger partial charge is 0.445 e. The molecule has 2 N–H and O–H groups in total. The number of aromatic nitrogens is 2. The summed E-state index contributed by atoms with van der Waals surface area (Å²) >= 11 is 0.264. The summed E-state index contributed by atoms with van der Waals surface area (Å²) in [5, 5.41) is 15.5. The fourth-order valence-electron chi connectivity index (χ4n) is 0.643. The number of carbonyl (C=O) groups is 1. The molecule has 15 heavy (non-hydrogen) atoms. The van der Waals surface area contributed by atoms with Crippen LogP contribution in [0, 0.1) is 0 Å². The van der Waals surface area contributed by atoms with Gasteiger partial charge in [0.2, 0.25) is 10.1 Å². The maximum Gasteiger partial charge on any atom is 0.445 e. The maximum atomic E-state index is 12.1. The Morgan fingerprint density at radius 3 is 2.53 bits per heavy atom. The van der Waals surface area contributed by atoms with Gasteiger partial charge in [-0.25, -0.2) is 0 Å². The summed E-state index contributed by atoms with van der Waals surface area (Å²) in [6.07, 6.45) is -4.55. The summed E-state index contributed by atoms with van der Waals surface area (Å²) in [4.78, 5) is 10.4. The molecule has 0 aliphatic rings. The van der Waals surface area contributed by atoms with Crippen molar-refractivity contribution in [3.05, 3.63) is 5.01 Å². The Labute approximate surface area is 85.9 Å². The first-order valence-electron chi connectivity index (χ1n) is 3.70. The van der Waals surface area contributed by atoms with Crippen LogP contribution in [0.5, 0.6) is 0 Å². The zero-order chi connectivity index (χ0) is 11.6. The van der Waals surface area contributed by atoms with Crippen molar-refractivity contribution < 1.29 is 23.1 Å². The highest BCUT2D eigenvalue weighted by Crippen LogP contribution is 2.33. The molecule has 1 unspecified atom stereocenters. The van der Waals surface area contributed by atoms with Crippen LogP contribution in [-0.2, 0) is 11.0 Å². The Morgan fingerprint density at radius 1 is 1.53 bits per heavy atom. The van der Waals surface area contributed by atoms with E-state index in [0.717, 1.165) is 0 Å². The van der Waals surface area contributed by atoms with Crippen LogP contribution < -0.4 is 5.32 Å². The van der Waals surface area contributed by atoms with E-state index in [0.29, 0.717) is 0 Å². The predicted octanol–water partition coefficient (Wildman–Crippen LogP) is 1.44. The number of halogens is 3. The number of aliphatic carboxylic acids is 1. The number of alkyl halides is 3. The maximum absolute atomic E-state index is 12.1. The Morgan fingerprint density at radius 2 is 2.13 bits per heavy atom. The third kappa shape index (κ3) is 3.05. The second-order valence-electron chi connectivity index (χ2n) is 2.61. The minimum Gasteiger partial charge on any atom is -0.480 e. The van der Waals surface area contributed by atoms with E-state index in [1.54, 1.807) is 0 Å². The zero-order valence-corrected chi connectivity index (χ0v) is 8.19. The number of rotatable bonds is 3. The molecule has 0 radical (unpaired) electrons. The van der Waals surface area contributed by atoms with Gasteiger partial charge in [-0.3, -0.25) is 4.79 Å². The molecule has 84 valence electrons. The first kappa shape index (κ1) is 11.7. The van der Waals surface area contributed by atoms with Crippen molar-refractivity contribution in [3.63, 3.8) is 0 Å². The SMILES string of the molecule is CC(Nc1nnc(C(F)(F)F)s1)C(=O)O. The molecule has 0 aromatic carbocycles. The molecule has 0 amide bonds. The van der Waals surface area contributed by atoms with E-state index in [4.69, 9.17) is 5.11 Å². The number of nitrogens with one attached hydrogen (secondary N) is 1. The summed E-state index contributed by atoms with van der Waals surface area (Å²) in [6, 6.07) is -1.01. The number of hydrogen-bond donors (Lipinski definition) is 2. The standard InChI is InChI=1S/C6H6F3N3O2S/c1-2(3(13)14)10-5-12-11-4(15-5)6(7,8)9/h2H,1H3,(H,10,12)(H,13,14). The molecule has 0 aliphatic carbocycles. The first-order valence-corrected chi connectivity index (χ1v) is 4.52. The molecule has 1 heterocycles. The fourth-order valence-corrected chi connectivity index (χ4v) is 1.34. The van der Waals surface area contributed by atoms with Crippen LogP contribution >= 0.6 is 11.3 Å². The molecular weight excluding hydrogens is 235 g/mol.